The van der Waals surface area contributed by atoms with Crippen molar-refractivity contribution in [2.45, 2.75) is 117 Å². The van der Waals surface area contributed by atoms with Gasteiger partial charge in [0.15, 0.2) is 0 Å². The maximum absolute atomic E-state index is 10.6. The highest BCUT2D eigenvalue weighted by Gasteiger charge is 2.59. The van der Waals surface area contributed by atoms with Gasteiger partial charge in [0.25, 0.3) is 0 Å². The van der Waals surface area contributed by atoms with Crippen LogP contribution in [-0.4, -0.2) is 33.1 Å². The summed E-state index contributed by atoms with van der Waals surface area (Å²) in [5.41, 5.74) is 1.47. The summed E-state index contributed by atoms with van der Waals surface area (Å²) in [6, 6.07) is 0. The first-order chi connectivity index (χ1) is 13.9. The average Bonchev–Trinajstić information content (AvgIpc) is 2.98. The van der Waals surface area contributed by atoms with Crippen LogP contribution in [0.5, 0.6) is 0 Å². The van der Waals surface area contributed by atoms with Gasteiger partial charge in [-0.1, -0.05) is 32.4 Å². The molecule has 0 heterocycles. The van der Waals surface area contributed by atoms with Crippen molar-refractivity contribution in [1.29, 1.82) is 0 Å². The molecular formula is C27H46O3. The van der Waals surface area contributed by atoms with E-state index in [-0.39, 0.29) is 6.10 Å². The lowest BCUT2D eigenvalue weighted by Crippen LogP contribution is -2.51. The molecule has 9 atom stereocenters. The van der Waals surface area contributed by atoms with E-state index in [1.54, 1.807) is 19.4 Å². The average molecular weight is 419 g/mol. The van der Waals surface area contributed by atoms with Crippen LogP contribution in [0.1, 0.15) is 98.8 Å². The lowest BCUT2D eigenvalue weighted by atomic mass is 9.47. The number of hydrogen-bond acceptors (Lipinski definition) is 3. The summed E-state index contributed by atoms with van der Waals surface area (Å²) in [6.45, 7) is 11.0. The summed E-state index contributed by atoms with van der Waals surface area (Å²) in [6.07, 6.45) is 12.8. The predicted molar refractivity (Wildman–Crippen MR) is 122 cm³/mol. The number of fused-ring (bicyclic) bond motifs is 5. The molecule has 0 amide bonds. The Labute approximate surface area is 184 Å². The Hall–Kier alpha value is -0.380. The molecular weight excluding hydrogens is 372 g/mol. The normalized spacial score (nSPS) is 45.7. The van der Waals surface area contributed by atoms with Crippen LogP contribution in [0.15, 0.2) is 11.6 Å². The number of rotatable bonds is 5. The minimum Gasteiger partial charge on any atom is -0.393 e. The fourth-order valence-corrected chi connectivity index (χ4v) is 8.87. The Kier molecular flexibility index (Phi) is 5.99. The summed E-state index contributed by atoms with van der Waals surface area (Å²) in [5, 5.41) is 30.9. The number of allylic oxidation sites excluding steroid dienone is 1. The van der Waals surface area contributed by atoms with E-state index >= 15 is 0 Å². The molecule has 0 radical (unpaired) electrons. The van der Waals surface area contributed by atoms with Gasteiger partial charge < -0.3 is 15.3 Å². The third-order valence-electron chi connectivity index (χ3n) is 10.2. The van der Waals surface area contributed by atoms with Crippen molar-refractivity contribution in [1.82, 2.24) is 0 Å². The van der Waals surface area contributed by atoms with E-state index in [1.807, 2.05) is 0 Å². The first-order valence-electron chi connectivity index (χ1n) is 12.7. The number of aliphatic hydroxyl groups is 3. The van der Waals surface area contributed by atoms with E-state index in [1.165, 1.54) is 32.1 Å². The fourth-order valence-electron chi connectivity index (χ4n) is 8.87. The SMILES string of the molecule is CC(CC(O)CC(C)(C)O)C1CCC2C3CC=C4CC(O)CCC4(C)C3CCC12C. The van der Waals surface area contributed by atoms with Crippen molar-refractivity contribution in [2.75, 3.05) is 0 Å². The zero-order valence-electron chi connectivity index (χ0n) is 20.0. The fraction of sp³-hybridized carbons (Fsp3) is 0.926. The highest BCUT2D eigenvalue weighted by atomic mass is 16.3. The van der Waals surface area contributed by atoms with Gasteiger partial charge in [-0.25, -0.2) is 0 Å². The molecule has 4 aliphatic carbocycles. The molecule has 9 unspecified atom stereocenters. The second-order valence-corrected chi connectivity index (χ2v) is 12.8. The van der Waals surface area contributed by atoms with Crippen molar-refractivity contribution in [2.24, 2.45) is 40.4 Å². The van der Waals surface area contributed by atoms with Crippen LogP contribution in [-0.2, 0) is 0 Å². The molecule has 4 aliphatic rings. The van der Waals surface area contributed by atoms with Gasteiger partial charge in [-0.3, -0.25) is 0 Å². The standard InChI is InChI=1S/C27H46O3/c1-17(14-20(29)16-25(2,3)30)22-8-9-23-21-7-6-18-15-19(28)10-12-26(18,4)24(21)11-13-27(22,23)5/h6,17,19-24,28-30H,7-16H2,1-5H3. The summed E-state index contributed by atoms with van der Waals surface area (Å²) in [5.74, 6) is 3.58. The van der Waals surface area contributed by atoms with E-state index in [0.29, 0.717) is 29.1 Å². The lowest BCUT2D eigenvalue weighted by Gasteiger charge is -2.58. The Balaban J connectivity index is 1.49. The second kappa shape index (κ2) is 7.89. The molecule has 0 aromatic rings. The Bertz CT molecular complexity index is 664. The van der Waals surface area contributed by atoms with E-state index in [0.717, 1.165) is 43.4 Å². The molecule has 3 fully saturated rings. The van der Waals surface area contributed by atoms with E-state index in [4.69, 9.17) is 0 Å². The third-order valence-corrected chi connectivity index (χ3v) is 10.2. The maximum Gasteiger partial charge on any atom is 0.0616 e. The number of hydrogen-bond donors (Lipinski definition) is 3. The van der Waals surface area contributed by atoms with Crippen molar-refractivity contribution in [3.63, 3.8) is 0 Å². The molecule has 0 aromatic heterocycles. The van der Waals surface area contributed by atoms with Crippen LogP contribution in [0.2, 0.25) is 0 Å². The van der Waals surface area contributed by atoms with Gasteiger partial charge in [0.2, 0.25) is 0 Å². The van der Waals surface area contributed by atoms with Crippen LogP contribution in [0, 0.1) is 40.4 Å². The molecule has 0 aromatic carbocycles. The zero-order chi connectivity index (χ0) is 21.9. The smallest absolute Gasteiger partial charge is 0.0616 e. The Morgan fingerprint density at radius 3 is 2.53 bits per heavy atom. The lowest BCUT2D eigenvalue weighted by molar-refractivity contribution is -0.0613. The van der Waals surface area contributed by atoms with Crippen LogP contribution in [0.25, 0.3) is 0 Å². The van der Waals surface area contributed by atoms with Gasteiger partial charge in [0.1, 0.15) is 0 Å². The van der Waals surface area contributed by atoms with E-state index in [9.17, 15) is 15.3 Å². The van der Waals surface area contributed by atoms with Crippen molar-refractivity contribution in [3.05, 3.63) is 11.6 Å². The third kappa shape index (κ3) is 3.92. The molecule has 3 saturated carbocycles. The second-order valence-electron chi connectivity index (χ2n) is 12.8. The van der Waals surface area contributed by atoms with E-state index in [2.05, 4.69) is 26.8 Å². The summed E-state index contributed by atoms with van der Waals surface area (Å²) in [4.78, 5) is 0. The predicted octanol–water partition coefficient (Wildman–Crippen LogP) is 5.47. The molecule has 30 heavy (non-hydrogen) atoms. The summed E-state index contributed by atoms with van der Waals surface area (Å²) in [7, 11) is 0. The van der Waals surface area contributed by atoms with Crippen molar-refractivity contribution in [3.8, 4) is 0 Å². The molecule has 0 saturated heterocycles. The zero-order valence-corrected chi connectivity index (χ0v) is 20.0. The first-order valence-corrected chi connectivity index (χ1v) is 12.7. The van der Waals surface area contributed by atoms with Crippen molar-refractivity contribution >= 4 is 0 Å². The van der Waals surface area contributed by atoms with Crippen LogP contribution < -0.4 is 0 Å². The van der Waals surface area contributed by atoms with Crippen LogP contribution in [0.4, 0.5) is 0 Å². The largest absolute Gasteiger partial charge is 0.393 e. The molecule has 172 valence electrons. The van der Waals surface area contributed by atoms with Gasteiger partial charge in [0.05, 0.1) is 17.8 Å². The molecule has 0 aliphatic heterocycles. The van der Waals surface area contributed by atoms with E-state index < -0.39 is 11.7 Å². The Morgan fingerprint density at radius 2 is 1.83 bits per heavy atom. The van der Waals surface area contributed by atoms with Crippen LogP contribution >= 0.6 is 0 Å². The quantitative estimate of drug-likeness (QED) is 0.519. The minimum atomic E-state index is -0.797. The molecule has 0 bridgehead atoms. The Morgan fingerprint density at radius 1 is 1.10 bits per heavy atom. The highest BCUT2D eigenvalue weighted by Crippen LogP contribution is 2.67. The number of aliphatic hydroxyl groups excluding tert-OH is 2. The minimum absolute atomic E-state index is 0.123. The van der Waals surface area contributed by atoms with Gasteiger partial charge >= 0.3 is 0 Å². The van der Waals surface area contributed by atoms with Gasteiger partial charge in [-0.05, 0) is 112 Å². The van der Waals surface area contributed by atoms with Crippen LogP contribution in [0.3, 0.4) is 0 Å². The first kappa shape index (κ1) is 22.8. The van der Waals surface area contributed by atoms with Gasteiger partial charge in [-0.15, -0.1) is 0 Å². The molecule has 0 spiro atoms. The molecule has 3 heteroatoms. The molecule has 3 N–H and O–H groups in total. The topological polar surface area (TPSA) is 60.7 Å². The highest BCUT2D eigenvalue weighted by molar-refractivity contribution is 5.25. The summed E-state index contributed by atoms with van der Waals surface area (Å²) >= 11 is 0. The van der Waals surface area contributed by atoms with Gasteiger partial charge in [0, 0.05) is 6.42 Å². The monoisotopic (exact) mass is 418 g/mol. The van der Waals surface area contributed by atoms with Gasteiger partial charge in [-0.2, -0.15) is 0 Å². The molecule has 3 nitrogen and oxygen atoms in total. The molecule has 4 rings (SSSR count). The summed E-state index contributed by atoms with van der Waals surface area (Å²) < 4.78 is 0. The maximum atomic E-state index is 10.6. The van der Waals surface area contributed by atoms with Crippen molar-refractivity contribution < 1.29 is 15.3 Å².